The van der Waals surface area contributed by atoms with Crippen molar-refractivity contribution in [1.82, 2.24) is 10.2 Å². The Bertz CT molecular complexity index is 861. The number of methoxy groups -OCH3 is 1. The molecule has 0 spiro atoms. The molecule has 2 rings (SSSR count). The molecule has 170 valence electrons. The van der Waals surface area contributed by atoms with Crippen LogP contribution in [0.2, 0.25) is 0 Å². The standard InChI is InChI=1S/C19H25N3O8S/c1-11(23)12-8-14(29-2)15(9-13(12)22(27)28)30-7-3-4-17(24)20-5-6-21-18(25)10-16(31)19(21)26/h8-9,11,16,23,31H,3-7,10H2,1-2H3,(H,20,24). The van der Waals surface area contributed by atoms with E-state index in [0.29, 0.717) is 6.42 Å². The lowest BCUT2D eigenvalue weighted by Crippen LogP contribution is -2.38. The van der Waals surface area contributed by atoms with Gasteiger partial charge in [-0.05, 0) is 19.4 Å². The van der Waals surface area contributed by atoms with Crippen LogP contribution in [0.25, 0.3) is 0 Å². The van der Waals surface area contributed by atoms with E-state index in [1.807, 2.05) is 0 Å². The van der Waals surface area contributed by atoms with Crippen LogP contribution in [0.4, 0.5) is 5.69 Å². The third kappa shape index (κ3) is 6.31. The average molecular weight is 455 g/mol. The fourth-order valence-corrected chi connectivity index (χ4v) is 3.34. The number of carbonyl (C=O) groups excluding carboxylic acids is 3. The number of aliphatic hydroxyl groups is 1. The Morgan fingerprint density at radius 2 is 2.13 bits per heavy atom. The summed E-state index contributed by atoms with van der Waals surface area (Å²) in [7, 11) is 1.37. The smallest absolute Gasteiger partial charge is 0.279 e. The van der Waals surface area contributed by atoms with E-state index < -0.39 is 16.3 Å². The van der Waals surface area contributed by atoms with Crippen LogP contribution >= 0.6 is 12.6 Å². The van der Waals surface area contributed by atoms with Gasteiger partial charge in [0, 0.05) is 25.9 Å². The van der Waals surface area contributed by atoms with Crippen LogP contribution in [-0.4, -0.2) is 64.7 Å². The number of nitro benzene ring substituents is 1. The van der Waals surface area contributed by atoms with Crippen LogP contribution < -0.4 is 14.8 Å². The molecule has 1 fully saturated rings. The molecule has 1 aromatic carbocycles. The molecule has 2 unspecified atom stereocenters. The van der Waals surface area contributed by atoms with Crippen molar-refractivity contribution in [2.75, 3.05) is 26.8 Å². The molecule has 0 saturated carbocycles. The molecule has 0 aliphatic carbocycles. The molecule has 0 bridgehead atoms. The van der Waals surface area contributed by atoms with E-state index >= 15 is 0 Å². The molecule has 12 heteroatoms. The van der Waals surface area contributed by atoms with Crippen LogP contribution in [0.5, 0.6) is 11.5 Å². The van der Waals surface area contributed by atoms with E-state index in [-0.39, 0.29) is 73.0 Å². The van der Waals surface area contributed by atoms with E-state index in [1.54, 1.807) is 0 Å². The number of nitro groups is 1. The Labute approximate surface area is 184 Å². The zero-order chi connectivity index (χ0) is 23.1. The fourth-order valence-electron chi connectivity index (χ4n) is 3.04. The number of ether oxygens (including phenoxy) is 2. The number of carbonyl (C=O) groups is 3. The lowest BCUT2D eigenvalue weighted by molar-refractivity contribution is -0.386. The number of hydrogen-bond donors (Lipinski definition) is 3. The summed E-state index contributed by atoms with van der Waals surface area (Å²) in [5, 5.41) is 23.0. The summed E-state index contributed by atoms with van der Waals surface area (Å²) < 4.78 is 10.7. The lowest BCUT2D eigenvalue weighted by atomic mass is 10.1. The molecular formula is C19H25N3O8S. The first-order chi connectivity index (χ1) is 14.6. The highest BCUT2D eigenvalue weighted by Gasteiger charge is 2.35. The monoisotopic (exact) mass is 455 g/mol. The number of imide groups is 1. The molecule has 2 N–H and O–H groups in total. The largest absolute Gasteiger partial charge is 0.493 e. The van der Waals surface area contributed by atoms with Crippen LogP contribution in [0, 0.1) is 10.1 Å². The van der Waals surface area contributed by atoms with Gasteiger partial charge >= 0.3 is 0 Å². The van der Waals surface area contributed by atoms with Crippen molar-refractivity contribution >= 4 is 36.0 Å². The third-order valence-corrected chi connectivity index (χ3v) is 5.05. The number of hydrogen-bond acceptors (Lipinski definition) is 9. The minimum Gasteiger partial charge on any atom is -0.493 e. The zero-order valence-corrected chi connectivity index (χ0v) is 18.1. The average Bonchev–Trinajstić information content (AvgIpc) is 2.96. The second-order valence-electron chi connectivity index (χ2n) is 6.90. The van der Waals surface area contributed by atoms with Crippen LogP contribution in [-0.2, 0) is 14.4 Å². The molecule has 1 aliphatic heterocycles. The number of aliphatic hydroxyl groups excluding tert-OH is 1. The van der Waals surface area contributed by atoms with Gasteiger partial charge in [0.05, 0.1) is 41.6 Å². The number of nitrogens with zero attached hydrogens (tertiary/aromatic N) is 2. The van der Waals surface area contributed by atoms with Crippen molar-refractivity contribution in [3.63, 3.8) is 0 Å². The summed E-state index contributed by atoms with van der Waals surface area (Å²) in [6.07, 6.45) is -0.557. The number of benzene rings is 1. The van der Waals surface area contributed by atoms with Gasteiger partial charge < -0.3 is 19.9 Å². The maximum absolute atomic E-state index is 11.9. The minimum atomic E-state index is -1.06. The maximum Gasteiger partial charge on any atom is 0.279 e. The number of likely N-dealkylation sites (tertiary alicyclic amines) is 1. The number of thiol groups is 1. The topological polar surface area (TPSA) is 148 Å². The molecule has 1 saturated heterocycles. The van der Waals surface area contributed by atoms with E-state index in [4.69, 9.17) is 9.47 Å². The Balaban J connectivity index is 1.81. The molecule has 1 aromatic rings. The van der Waals surface area contributed by atoms with E-state index in [1.165, 1.54) is 26.2 Å². The normalized spacial score (nSPS) is 16.9. The molecule has 2 atom stereocenters. The highest BCUT2D eigenvalue weighted by molar-refractivity contribution is 7.81. The second-order valence-corrected chi connectivity index (χ2v) is 7.52. The summed E-state index contributed by atoms with van der Waals surface area (Å²) in [5.41, 5.74) is -0.189. The Hall–Kier alpha value is -2.86. The van der Waals surface area contributed by atoms with Crippen molar-refractivity contribution in [3.8, 4) is 11.5 Å². The molecule has 11 nitrogen and oxygen atoms in total. The summed E-state index contributed by atoms with van der Waals surface area (Å²) in [5.74, 6) is -0.592. The van der Waals surface area contributed by atoms with Gasteiger partial charge in [-0.2, -0.15) is 12.6 Å². The van der Waals surface area contributed by atoms with Gasteiger partial charge in [0.15, 0.2) is 11.5 Å². The van der Waals surface area contributed by atoms with Gasteiger partial charge in [0.2, 0.25) is 17.7 Å². The van der Waals surface area contributed by atoms with Gasteiger partial charge in [0.25, 0.3) is 5.69 Å². The Morgan fingerprint density at radius 3 is 2.68 bits per heavy atom. The van der Waals surface area contributed by atoms with Crippen molar-refractivity contribution < 1.29 is 33.9 Å². The molecule has 31 heavy (non-hydrogen) atoms. The number of rotatable bonds is 11. The molecule has 1 aliphatic rings. The van der Waals surface area contributed by atoms with Gasteiger partial charge in [-0.15, -0.1) is 0 Å². The Morgan fingerprint density at radius 1 is 1.42 bits per heavy atom. The lowest BCUT2D eigenvalue weighted by Gasteiger charge is -2.15. The van der Waals surface area contributed by atoms with Crippen LogP contribution in [0.1, 0.15) is 37.9 Å². The third-order valence-electron chi connectivity index (χ3n) is 4.64. The SMILES string of the molecule is COc1cc(C(C)O)c([N+](=O)[O-])cc1OCCCC(=O)NCCN1C(=O)CC(S)C1=O. The second kappa shape index (κ2) is 11.0. The van der Waals surface area contributed by atoms with Crippen molar-refractivity contribution in [2.24, 2.45) is 0 Å². The first-order valence-electron chi connectivity index (χ1n) is 9.61. The number of amides is 3. The quantitative estimate of drug-likeness (QED) is 0.147. The summed E-state index contributed by atoms with van der Waals surface area (Å²) in [4.78, 5) is 47.0. The predicted octanol–water partition coefficient (Wildman–Crippen LogP) is 0.989. The molecular weight excluding hydrogens is 430 g/mol. The fraction of sp³-hybridized carbons (Fsp3) is 0.526. The Kier molecular flexibility index (Phi) is 8.63. The number of nitrogens with one attached hydrogen (secondary N) is 1. The van der Waals surface area contributed by atoms with Gasteiger partial charge in [-0.3, -0.25) is 29.4 Å². The predicted molar refractivity (Wildman–Crippen MR) is 112 cm³/mol. The van der Waals surface area contributed by atoms with Gasteiger partial charge in [-0.1, -0.05) is 0 Å². The van der Waals surface area contributed by atoms with Gasteiger partial charge in [-0.25, -0.2) is 0 Å². The van der Waals surface area contributed by atoms with E-state index in [9.17, 15) is 29.6 Å². The van der Waals surface area contributed by atoms with E-state index in [2.05, 4.69) is 17.9 Å². The zero-order valence-electron chi connectivity index (χ0n) is 17.2. The first-order valence-corrected chi connectivity index (χ1v) is 10.1. The molecule has 1 heterocycles. The molecule has 3 amide bonds. The van der Waals surface area contributed by atoms with E-state index in [0.717, 1.165) is 4.90 Å². The minimum absolute atomic E-state index is 0.0625. The van der Waals surface area contributed by atoms with Gasteiger partial charge in [0.1, 0.15) is 0 Å². The summed E-state index contributed by atoms with van der Waals surface area (Å²) >= 11 is 4.03. The summed E-state index contributed by atoms with van der Waals surface area (Å²) in [6, 6.07) is 2.53. The van der Waals surface area contributed by atoms with Crippen LogP contribution in [0.15, 0.2) is 12.1 Å². The maximum atomic E-state index is 11.9. The summed E-state index contributed by atoms with van der Waals surface area (Å²) in [6.45, 7) is 1.73. The van der Waals surface area contributed by atoms with Crippen molar-refractivity contribution in [2.45, 2.75) is 37.5 Å². The highest BCUT2D eigenvalue weighted by Crippen LogP contribution is 2.37. The van der Waals surface area contributed by atoms with Crippen molar-refractivity contribution in [1.29, 1.82) is 0 Å². The highest BCUT2D eigenvalue weighted by atomic mass is 32.1. The first kappa shape index (κ1) is 24.4. The van der Waals surface area contributed by atoms with Crippen molar-refractivity contribution in [3.05, 3.63) is 27.8 Å². The molecule has 0 radical (unpaired) electrons. The van der Waals surface area contributed by atoms with Crippen LogP contribution in [0.3, 0.4) is 0 Å². The molecule has 0 aromatic heterocycles.